The smallest absolute Gasteiger partial charge is 0.353 e. The van der Waals surface area contributed by atoms with Gasteiger partial charge < -0.3 is 30.6 Å². The number of halogens is 1. The van der Waals surface area contributed by atoms with E-state index >= 15 is 0 Å². The van der Waals surface area contributed by atoms with Gasteiger partial charge in [-0.15, -0.1) is 24.2 Å². The van der Waals surface area contributed by atoms with Crippen LogP contribution >= 0.6 is 24.2 Å². The van der Waals surface area contributed by atoms with E-state index in [0.717, 1.165) is 6.54 Å². The summed E-state index contributed by atoms with van der Waals surface area (Å²) in [6.07, 6.45) is -0.190. The third-order valence-corrected chi connectivity index (χ3v) is 8.55. The van der Waals surface area contributed by atoms with Crippen LogP contribution in [0.4, 0.5) is 0 Å². The highest BCUT2D eigenvalue weighted by molar-refractivity contribution is 8.03. The molecule has 0 aromatic rings. The summed E-state index contributed by atoms with van der Waals surface area (Å²) in [5.74, 6) is -2.05. The van der Waals surface area contributed by atoms with Crippen molar-refractivity contribution in [1.82, 2.24) is 20.4 Å². The molecule has 0 aliphatic carbocycles. The van der Waals surface area contributed by atoms with Gasteiger partial charge in [-0.1, -0.05) is 6.92 Å². The zero-order chi connectivity index (χ0) is 22.6. The summed E-state index contributed by atoms with van der Waals surface area (Å²) in [4.78, 5) is 41.5. The van der Waals surface area contributed by atoms with Gasteiger partial charge in [-0.3, -0.25) is 9.59 Å². The number of hydrogen-bond acceptors (Lipinski definition) is 7. The summed E-state index contributed by atoms with van der Waals surface area (Å²) in [5.41, 5.74) is 0.0451. The summed E-state index contributed by atoms with van der Waals surface area (Å²) >= 11 is 1.47. The van der Waals surface area contributed by atoms with E-state index in [4.69, 9.17) is 0 Å². The normalized spacial score (nSPS) is 37.7. The standard InChI is InChI=1S/C21H32N4O5S.ClH/c1-9-8-24(10(2)6-22-9)19(27)14-5-13(7-23-14)31-18-11(3)16-15(12(4)26)20(28)25(16)17(18)21(29)30;/h9-16,22-23,26H,5-8H2,1-4H3,(H,29,30);1H/t9-,10+,11+,12+,13-,14-,15+,16+;/m0./s1. The highest BCUT2D eigenvalue weighted by Crippen LogP contribution is 2.51. The first-order chi connectivity index (χ1) is 14.6. The maximum atomic E-state index is 13.1. The van der Waals surface area contributed by atoms with Gasteiger partial charge in [0.15, 0.2) is 0 Å². The van der Waals surface area contributed by atoms with E-state index in [1.165, 1.54) is 16.7 Å². The molecular weight excluding hydrogens is 456 g/mol. The molecule has 0 bridgehead atoms. The fourth-order valence-corrected chi connectivity index (χ4v) is 6.85. The highest BCUT2D eigenvalue weighted by atomic mass is 35.5. The maximum Gasteiger partial charge on any atom is 0.353 e. The molecule has 0 saturated carbocycles. The molecule has 11 heteroatoms. The first-order valence-electron chi connectivity index (χ1n) is 11.0. The number of amides is 2. The molecule has 4 aliphatic rings. The average Bonchev–Trinajstić information content (AvgIpc) is 3.25. The number of aliphatic hydroxyl groups excluding tert-OH is 1. The number of nitrogens with one attached hydrogen (secondary N) is 2. The second kappa shape index (κ2) is 9.50. The Morgan fingerprint density at radius 1 is 1.19 bits per heavy atom. The predicted molar refractivity (Wildman–Crippen MR) is 123 cm³/mol. The van der Waals surface area contributed by atoms with Crippen LogP contribution in [0.3, 0.4) is 0 Å². The minimum absolute atomic E-state index is 0. The predicted octanol–water partition coefficient (Wildman–Crippen LogP) is 0.234. The van der Waals surface area contributed by atoms with Crippen LogP contribution in [0, 0.1) is 11.8 Å². The number of aliphatic carboxylic acids is 1. The zero-order valence-corrected chi connectivity index (χ0v) is 20.4. The first kappa shape index (κ1) is 25.3. The average molecular weight is 489 g/mol. The summed E-state index contributed by atoms with van der Waals surface area (Å²) < 4.78 is 0. The van der Waals surface area contributed by atoms with E-state index < -0.39 is 18.0 Å². The molecule has 3 fully saturated rings. The van der Waals surface area contributed by atoms with Crippen LogP contribution in [0.2, 0.25) is 0 Å². The van der Waals surface area contributed by atoms with Gasteiger partial charge in [-0.2, -0.15) is 0 Å². The minimum atomic E-state index is -1.11. The molecule has 4 heterocycles. The van der Waals surface area contributed by atoms with Gasteiger partial charge in [0, 0.05) is 47.8 Å². The Morgan fingerprint density at radius 3 is 2.50 bits per heavy atom. The van der Waals surface area contributed by atoms with E-state index in [1.807, 2.05) is 18.7 Å². The van der Waals surface area contributed by atoms with Crippen molar-refractivity contribution in [3.63, 3.8) is 0 Å². The van der Waals surface area contributed by atoms with Gasteiger partial charge in [0.1, 0.15) is 5.70 Å². The molecule has 180 valence electrons. The molecule has 9 nitrogen and oxygen atoms in total. The fraction of sp³-hybridized carbons (Fsp3) is 0.762. The van der Waals surface area contributed by atoms with Crippen LogP contribution in [0.1, 0.15) is 34.1 Å². The number of nitrogens with zero attached hydrogens (tertiary/aromatic N) is 2. The Morgan fingerprint density at radius 2 is 1.88 bits per heavy atom. The van der Waals surface area contributed by atoms with Crippen LogP contribution in [-0.4, -0.2) is 93.0 Å². The Balaban J connectivity index is 0.00000289. The quantitative estimate of drug-likeness (QED) is 0.406. The van der Waals surface area contributed by atoms with Crippen LogP contribution in [0.15, 0.2) is 10.6 Å². The highest BCUT2D eigenvalue weighted by Gasteiger charge is 2.60. The topological polar surface area (TPSA) is 122 Å². The third-order valence-electron chi connectivity index (χ3n) is 7.04. The Kier molecular flexibility index (Phi) is 7.51. The molecule has 2 amide bonds. The van der Waals surface area contributed by atoms with Gasteiger partial charge in [-0.05, 0) is 27.2 Å². The van der Waals surface area contributed by atoms with Crippen molar-refractivity contribution in [3.8, 4) is 0 Å². The van der Waals surface area contributed by atoms with Crippen LogP contribution in [0.5, 0.6) is 0 Å². The van der Waals surface area contributed by atoms with Gasteiger partial charge in [0.25, 0.3) is 0 Å². The van der Waals surface area contributed by atoms with Crippen molar-refractivity contribution in [1.29, 1.82) is 0 Å². The molecule has 32 heavy (non-hydrogen) atoms. The van der Waals surface area contributed by atoms with Crippen molar-refractivity contribution in [3.05, 3.63) is 10.6 Å². The van der Waals surface area contributed by atoms with Crippen molar-refractivity contribution in [2.45, 2.75) is 69.6 Å². The summed E-state index contributed by atoms with van der Waals surface area (Å²) in [5, 5.41) is 26.5. The van der Waals surface area contributed by atoms with Crippen molar-refractivity contribution >= 4 is 42.0 Å². The van der Waals surface area contributed by atoms with Gasteiger partial charge in [-0.25, -0.2) is 4.79 Å². The number of carbonyl (C=O) groups excluding carboxylic acids is 2. The van der Waals surface area contributed by atoms with Crippen LogP contribution in [-0.2, 0) is 14.4 Å². The molecule has 4 rings (SSSR count). The third kappa shape index (κ3) is 4.16. The number of hydrogen-bond donors (Lipinski definition) is 4. The van der Waals surface area contributed by atoms with Crippen molar-refractivity contribution in [2.24, 2.45) is 11.8 Å². The van der Waals surface area contributed by atoms with Crippen LogP contribution in [0.25, 0.3) is 0 Å². The molecule has 4 aliphatic heterocycles. The number of rotatable bonds is 5. The van der Waals surface area contributed by atoms with E-state index in [1.54, 1.807) is 6.92 Å². The number of carboxylic acids is 1. The van der Waals surface area contributed by atoms with Crippen LogP contribution < -0.4 is 10.6 Å². The van der Waals surface area contributed by atoms with E-state index in [-0.39, 0.29) is 65.3 Å². The molecule has 0 unspecified atom stereocenters. The second-order valence-electron chi connectivity index (χ2n) is 9.36. The number of fused-ring (bicyclic) bond motifs is 1. The molecule has 0 spiro atoms. The Labute approximate surface area is 198 Å². The molecule has 4 N–H and O–H groups in total. The molecule has 0 aromatic heterocycles. The molecule has 0 radical (unpaired) electrons. The van der Waals surface area contributed by atoms with E-state index in [0.29, 0.717) is 24.4 Å². The number of carbonyl (C=O) groups is 3. The lowest BCUT2D eigenvalue weighted by atomic mass is 9.79. The monoisotopic (exact) mass is 488 g/mol. The van der Waals surface area contributed by atoms with Crippen molar-refractivity contribution in [2.75, 3.05) is 19.6 Å². The fourth-order valence-electron chi connectivity index (χ4n) is 5.37. The molecule has 3 saturated heterocycles. The molecule has 8 atom stereocenters. The Bertz CT molecular complexity index is 824. The minimum Gasteiger partial charge on any atom is -0.477 e. The second-order valence-corrected chi connectivity index (χ2v) is 10.7. The number of β-lactam (4-membered cyclic amide) rings is 1. The molecule has 0 aromatic carbocycles. The molecular formula is C21H33ClN4O5S. The first-order valence-corrected chi connectivity index (χ1v) is 11.9. The number of aliphatic hydroxyl groups is 1. The SMILES string of the molecule is C[C@@H]1CN[C@@H](C)CN1C(=O)[C@@H]1C[C@H](SC2=C(C(=O)O)N3C(=O)[C@H]([C@@H](C)O)[C@H]3[C@H]2C)CN1.Cl. The van der Waals surface area contributed by atoms with Gasteiger partial charge in [0.2, 0.25) is 11.8 Å². The number of thioether (sulfide) groups is 1. The summed E-state index contributed by atoms with van der Waals surface area (Å²) in [6, 6.07) is -0.186. The van der Waals surface area contributed by atoms with Crippen molar-refractivity contribution < 1.29 is 24.6 Å². The van der Waals surface area contributed by atoms with Gasteiger partial charge >= 0.3 is 5.97 Å². The lowest BCUT2D eigenvalue weighted by molar-refractivity contribution is -0.163. The lowest BCUT2D eigenvalue weighted by Crippen LogP contribution is -2.63. The zero-order valence-electron chi connectivity index (χ0n) is 18.8. The van der Waals surface area contributed by atoms with E-state index in [2.05, 4.69) is 17.6 Å². The lowest BCUT2D eigenvalue weighted by Gasteiger charge is -2.46. The number of piperazine rings is 1. The number of carboxylic acid groups (broad SMARTS) is 1. The largest absolute Gasteiger partial charge is 0.477 e. The summed E-state index contributed by atoms with van der Waals surface area (Å²) in [7, 11) is 0. The van der Waals surface area contributed by atoms with E-state index in [9.17, 15) is 24.6 Å². The maximum absolute atomic E-state index is 13.1. The van der Waals surface area contributed by atoms with Gasteiger partial charge in [0.05, 0.1) is 24.1 Å². The summed E-state index contributed by atoms with van der Waals surface area (Å²) in [6.45, 7) is 9.68. The Hall–Kier alpha value is -1.33.